The van der Waals surface area contributed by atoms with Gasteiger partial charge in [-0.2, -0.15) is 10.2 Å². The summed E-state index contributed by atoms with van der Waals surface area (Å²) in [4.78, 5) is 0. The zero-order chi connectivity index (χ0) is 41.1. The number of hydrogen-bond donors (Lipinski definition) is 2. The van der Waals surface area contributed by atoms with Crippen molar-refractivity contribution < 1.29 is 36.1 Å². The van der Waals surface area contributed by atoms with Gasteiger partial charge in [0.25, 0.3) is 0 Å². The number of nitrogens with one attached hydrogen (secondary N) is 2. The molecular formula is C44H36N6O8P2. The average Bonchev–Trinajstić information content (AvgIpc) is 3.96. The van der Waals surface area contributed by atoms with E-state index in [0.29, 0.717) is 22.3 Å². The maximum atomic E-state index is 14.8. The number of fused-ring (bicyclic) bond motifs is 16. The summed E-state index contributed by atoms with van der Waals surface area (Å²) in [6.07, 6.45) is 0. The van der Waals surface area contributed by atoms with E-state index in [2.05, 4.69) is 30.6 Å². The van der Waals surface area contributed by atoms with E-state index in [1.165, 1.54) is 0 Å². The third-order valence-corrected chi connectivity index (χ3v) is 12.6. The molecule has 14 nitrogen and oxygen atoms in total. The molecule has 0 fully saturated rings. The Morgan fingerprint density at radius 1 is 0.400 bits per heavy atom. The van der Waals surface area contributed by atoms with E-state index >= 15 is 0 Å². The second-order valence-corrected chi connectivity index (χ2v) is 17.1. The van der Waals surface area contributed by atoms with E-state index in [1.54, 1.807) is 97.1 Å². The van der Waals surface area contributed by atoms with Crippen molar-refractivity contribution in [3.05, 3.63) is 169 Å². The molecule has 1 aliphatic rings. The van der Waals surface area contributed by atoms with Crippen molar-refractivity contribution in [3.63, 3.8) is 0 Å². The lowest BCUT2D eigenvalue weighted by Crippen LogP contribution is -2.22. The predicted molar refractivity (Wildman–Crippen MR) is 224 cm³/mol. The van der Waals surface area contributed by atoms with Crippen molar-refractivity contribution in [1.29, 1.82) is 0 Å². The molecule has 1 aliphatic heterocycles. The third-order valence-electron chi connectivity index (χ3n) is 9.38. The van der Waals surface area contributed by atoms with Crippen molar-refractivity contribution in [2.24, 2.45) is 0 Å². The minimum atomic E-state index is -4.18. The van der Waals surface area contributed by atoms with Gasteiger partial charge in [-0.05, 0) is 97.8 Å². The second-order valence-electron chi connectivity index (χ2n) is 13.8. The first-order valence-corrected chi connectivity index (χ1v) is 22.0. The first kappa shape index (κ1) is 38.7. The fraction of sp³-hybridized carbons (Fsp3) is 0.0909. The summed E-state index contributed by atoms with van der Waals surface area (Å²) >= 11 is 0. The Labute approximate surface area is 344 Å². The van der Waals surface area contributed by atoms with Gasteiger partial charge in [-0.1, -0.05) is 84.9 Å². The van der Waals surface area contributed by atoms with E-state index in [9.17, 15) is 9.13 Å². The van der Waals surface area contributed by atoms with Gasteiger partial charge in [0.1, 0.15) is 23.0 Å². The molecule has 16 heteroatoms. The molecule has 2 atom stereocenters. The summed E-state index contributed by atoms with van der Waals surface area (Å²) in [6.45, 7) is 3.72. The molecule has 0 radical (unpaired) electrons. The highest BCUT2D eigenvalue weighted by Crippen LogP contribution is 2.50. The Hall–Kier alpha value is -6.82. The summed E-state index contributed by atoms with van der Waals surface area (Å²) in [7, 11) is -8.36. The van der Waals surface area contributed by atoms with E-state index in [-0.39, 0.29) is 46.6 Å². The van der Waals surface area contributed by atoms with Crippen molar-refractivity contribution >= 4 is 15.5 Å². The average molecular weight is 839 g/mol. The first-order chi connectivity index (χ1) is 29.2. The summed E-state index contributed by atoms with van der Waals surface area (Å²) in [6, 6.07) is 45.1. The minimum Gasteiger partial charge on any atom is -0.416 e. The lowest BCUT2D eigenvalue weighted by atomic mass is 10.1. The molecule has 12 bridgehead atoms. The molecule has 300 valence electrons. The van der Waals surface area contributed by atoms with Gasteiger partial charge in [0, 0.05) is 34.3 Å². The van der Waals surface area contributed by atoms with Gasteiger partial charge >= 0.3 is 15.5 Å². The lowest BCUT2D eigenvalue weighted by Gasteiger charge is -2.24. The molecule has 2 N–H and O–H groups in total. The van der Waals surface area contributed by atoms with Crippen molar-refractivity contribution in [2.45, 2.75) is 25.9 Å². The van der Waals surface area contributed by atoms with Crippen LogP contribution in [0.1, 0.15) is 37.1 Å². The molecule has 60 heavy (non-hydrogen) atoms. The lowest BCUT2D eigenvalue weighted by molar-refractivity contribution is 0.362. The van der Waals surface area contributed by atoms with E-state index < -0.39 is 27.6 Å². The molecule has 0 amide bonds. The van der Waals surface area contributed by atoms with E-state index in [1.807, 2.05) is 74.5 Å². The van der Waals surface area contributed by atoms with Crippen LogP contribution in [0.15, 0.2) is 167 Å². The van der Waals surface area contributed by atoms with Crippen molar-refractivity contribution in [3.8, 4) is 68.8 Å². The van der Waals surface area contributed by atoms with Crippen LogP contribution in [-0.2, 0) is 9.13 Å². The van der Waals surface area contributed by atoms with Gasteiger partial charge in [-0.15, -0.1) is 20.4 Å². The van der Waals surface area contributed by atoms with Crippen LogP contribution in [0.2, 0.25) is 0 Å². The molecule has 3 heterocycles. The Balaban J connectivity index is 1.13. The van der Waals surface area contributed by atoms with E-state index in [4.69, 9.17) is 26.9 Å². The van der Waals surface area contributed by atoms with Crippen LogP contribution in [0, 0.1) is 0 Å². The van der Waals surface area contributed by atoms with Gasteiger partial charge in [0.2, 0.25) is 23.6 Å². The van der Waals surface area contributed by atoms with Crippen LogP contribution in [0.3, 0.4) is 0 Å². The maximum absolute atomic E-state index is 14.8. The Kier molecular flexibility index (Phi) is 10.6. The summed E-state index contributed by atoms with van der Waals surface area (Å²) < 4.78 is 66.6. The molecule has 0 unspecified atom stereocenters. The van der Waals surface area contributed by atoms with Crippen LogP contribution in [0.4, 0.5) is 0 Å². The van der Waals surface area contributed by atoms with Crippen molar-refractivity contribution in [1.82, 2.24) is 30.6 Å². The van der Waals surface area contributed by atoms with Gasteiger partial charge in [-0.3, -0.25) is 0 Å². The van der Waals surface area contributed by atoms with Gasteiger partial charge < -0.3 is 26.9 Å². The second kappa shape index (κ2) is 16.4. The Bertz CT molecular complexity index is 2540. The third kappa shape index (κ3) is 8.78. The molecule has 0 saturated heterocycles. The van der Waals surface area contributed by atoms with Crippen LogP contribution >= 0.6 is 15.5 Å². The predicted octanol–water partition coefficient (Wildman–Crippen LogP) is 11.3. The number of benzene rings is 6. The standard InChI is InChI=1S/C44H36N6O8P2/c1-29(31-13-5-3-6-14-31)49-59(51)55-37-21-9-17-33(25-37)41-45-47-43(53-41)35-19-11-23-39(27-35)57-60(52,50-30(2)32-15-7-4-8-16-32)58-40-24-12-20-36(28-40)44-48-46-42(54-44)34-18-10-22-38(26-34)56-59/h3-30H,1-2H3,(H,49,51)(H,50,52)/t29-,30-,59?,60?/m0/s1. The fourth-order valence-electron chi connectivity index (χ4n) is 6.46. The monoisotopic (exact) mass is 838 g/mol. The van der Waals surface area contributed by atoms with Gasteiger partial charge in [0.05, 0.1) is 0 Å². The summed E-state index contributed by atoms with van der Waals surface area (Å²) in [5, 5.41) is 23.3. The topological polar surface area (TPSA) is 173 Å². The fourth-order valence-corrected chi connectivity index (χ4v) is 9.56. The number of rotatable bonds is 6. The molecule has 2 aromatic heterocycles. The Morgan fingerprint density at radius 3 is 0.967 bits per heavy atom. The molecule has 9 rings (SSSR count). The zero-order valence-corrected chi connectivity index (χ0v) is 33.9. The SMILES string of the molecule is C[C@H](NP1(=O)Oc2cccc(c2)-c2nnc(o2)-c2cccc(c2)OP(=O)(N[C@@H](C)c2ccccc2)Oc2cccc(c2)-c2nnc(o2)-c2cccc(c2)O1)c1ccccc1. The van der Waals surface area contributed by atoms with Crippen LogP contribution in [-0.4, -0.2) is 20.4 Å². The van der Waals surface area contributed by atoms with Crippen LogP contribution < -0.4 is 28.3 Å². The molecular weight excluding hydrogens is 802 g/mol. The smallest absolute Gasteiger partial charge is 0.416 e. The molecule has 0 spiro atoms. The van der Waals surface area contributed by atoms with E-state index in [0.717, 1.165) is 11.1 Å². The van der Waals surface area contributed by atoms with Gasteiger partial charge in [0.15, 0.2) is 0 Å². The number of nitrogens with zero attached hydrogens (tertiary/aromatic N) is 4. The highest BCUT2D eigenvalue weighted by molar-refractivity contribution is 7.52. The van der Waals surface area contributed by atoms with Crippen molar-refractivity contribution in [2.75, 3.05) is 0 Å². The maximum Gasteiger partial charge on any atom is 0.513 e. The highest BCUT2D eigenvalue weighted by atomic mass is 31.2. The molecule has 8 aromatic rings. The van der Waals surface area contributed by atoms with Crippen LogP contribution in [0.5, 0.6) is 23.0 Å². The first-order valence-electron chi connectivity index (χ1n) is 18.9. The molecule has 0 aliphatic carbocycles. The minimum absolute atomic E-state index is 0.163. The molecule has 6 aromatic carbocycles. The van der Waals surface area contributed by atoms with Crippen LogP contribution in [0.25, 0.3) is 45.8 Å². The molecule has 0 saturated carbocycles. The number of aromatic nitrogens is 4. The normalized spacial score (nSPS) is 18.3. The van der Waals surface area contributed by atoms with Gasteiger partial charge in [-0.25, -0.2) is 9.13 Å². The Morgan fingerprint density at radius 2 is 0.683 bits per heavy atom. The quantitative estimate of drug-likeness (QED) is 0.151. The highest BCUT2D eigenvalue weighted by Gasteiger charge is 2.34. The largest absolute Gasteiger partial charge is 0.513 e. The zero-order valence-electron chi connectivity index (χ0n) is 32.1. The summed E-state index contributed by atoms with van der Waals surface area (Å²) in [5.74, 6) is 1.49. The summed E-state index contributed by atoms with van der Waals surface area (Å²) in [5.41, 5.74) is 3.70. The number of hydrogen-bond acceptors (Lipinski definition) is 12.